The van der Waals surface area contributed by atoms with Gasteiger partial charge in [-0.25, -0.2) is 0 Å². The lowest BCUT2D eigenvalue weighted by atomic mass is 9.98. The van der Waals surface area contributed by atoms with Crippen molar-refractivity contribution in [2.45, 2.75) is 26.3 Å². The van der Waals surface area contributed by atoms with E-state index < -0.39 is 0 Å². The molecule has 17 heavy (non-hydrogen) atoms. The number of aromatic nitrogens is 2. The van der Waals surface area contributed by atoms with E-state index in [-0.39, 0.29) is 0 Å². The monoisotopic (exact) mass is 236 g/mol. The summed E-state index contributed by atoms with van der Waals surface area (Å²) in [6, 6.07) is 2.15. The molecule has 96 valence electrons. The third-order valence-electron chi connectivity index (χ3n) is 3.56. The van der Waals surface area contributed by atoms with Gasteiger partial charge in [-0.2, -0.15) is 5.10 Å². The summed E-state index contributed by atoms with van der Waals surface area (Å²) >= 11 is 0. The van der Waals surface area contributed by atoms with Crippen molar-refractivity contribution in [2.75, 3.05) is 26.7 Å². The molecule has 4 nitrogen and oxygen atoms in total. The lowest BCUT2D eigenvalue weighted by Crippen LogP contribution is -2.37. The van der Waals surface area contributed by atoms with Crippen LogP contribution >= 0.6 is 0 Å². The molecule has 0 aromatic carbocycles. The fraction of sp³-hybridized carbons (Fsp3) is 0.769. The largest absolute Gasteiger partial charge is 0.311 e. The molecular weight excluding hydrogens is 212 g/mol. The van der Waals surface area contributed by atoms with Crippen molar-refractivity contribution in [3.8, 4) is 0 Å². The van der Waals surface area contributed by atoms with Gasteiger partial charge in [0.25, 0.3) is 0 Å². The minimum Gasteiger partial charge on any atom is -0.311 e. The van der Waals surface area contributed by atoms with E-state index in [1.165, 1.54) is 31.6 Å². The topological polar surface area (TPSA) is 33.1 Å². The molecule has 1 aliphatic heterocycles. The standard InChI is InChI=1S/C13H24N4/c1-11-7-13(17(3)15-11)9-14-8-12-5-4-6-16(2)10-12/h7,12,14H,4-6,8-10H2,1-3H3. The van der Waals surface area contributed by atoms with E-state index in [0.29, 0.717) is 0 Å². The smallest absolute Gasteiger partial charge is 0.0597 e. The summed E-state index contributed by atoms with van der Waals surface area (Å²) in [7, 11) is 4.23. The zero-order valence-corrected chi connectivity index (χ0v) is 11.2. The zero-order valence-electron chi connectivity index (χ0n) is 11.2. The first kappa shape index (κ1) is 12.6. The summed E-state index contributed by atoms with van der Waals surface area (Å²) in [6.07, 6.45) is 2.70. The van der Waals surface area contributed by atoms with Crippen molar-refractivity contribution >= 4 is 0 Å². The number of hydrogen-bond donors (Lipinski definition) is 1. The van der Waals surface area contributed by atoms with Gasteiger partial charge in [-0.3, -0.25) is 4.68 Å². The molecule has 2 rings (SSSR count). The third kappa shape index (κ3) is 3.54. The highest BCUT2D eigenvalue weighted by Gasteiger charge is 2.16. The van der Waals surface area contributed by atoms with E-state index in [2.05, 4.69) is 28.4 Å². The minimum atomic E-state index is 0.808. The number of piperidine rings is 1. The molecule has 1 N–H and O–H groups in total. The van der Waals surface area contributed by atoms with Crippen LogP contribution < -0.4 is 5.32 Å². The molecule has 2 heterocycles. The van der Waals surface area contributed by atoms with Crippen molar-refractivity contribution < 1.29 is 0 Å². The highest BCUT2D eigenvalue weighted by Crippen LogP contribution is 2.14. The van der Waals surface area contributed by atoms with Crippen LogP contribution in [0.25, 0.3) is 0 Å². The Hall–Kier alpha value is -0.870. The Morgan fingerprint density at radius 2 is 2.29 bits per heavy atom. The fourth-order valence-electron chi connectivity index (χ4n) is 2.67. The second kappa shape index (κ2) is 5.65. The van der Waals surface area contributed by atoms with Crippen molar-refractivity contribution in [3.63, 3.8) is 0 Å². The van der Waals surface area contributed by atoms with Gasteiger partial charge in [0.05, 0.1) is 11.4 Å². The number of nitrogens with zero attached hydrogens (tertiary/aromatic N) is 3. The van der Waals surface area contributed by atoms with Crippen LogP contribution in [0.1, 0.15) is 24.2 Å². The molecule has 0 radical (unpaired) electrons. The molecule has 0 bridgehead atoms. The number of nitrogens with one attached hydrogen (secondary N) is 1. The average Bonchev–Trinajstić information content (AvgIpc) is 2.58. The van der Waals surface area contributed by atoms with Crippen molar-refractivity contribution in [1.82, 2.24) is 20.0 Å². The Morgan fingerprint density at radius 1 is 1.47 bits per heavy atom. The summed E-state index contributed by atoms with van der Waals surface area (Å²) in [4.78, 5) is 2.43. The van der Waals surface area contributed by atoms with Crippen LogP contribution in [0.4, 0.5) is 0 Å². The van der Waals surface area contributed by atoms with E-state index in [4.69, 9.17) is 0 Å². The quantitative estimate of drug-likeness (QED) is 0.851. The predicted octanol–water partition coefficient (Wildman–Crippen LogP) is 1.16. The van der Waals surface area contributed by atoms with Gasteiger partial charge in [-0.1, -0.05) is 0 Å². The number of rotatable bonds is 4. The molecule has 0 saturated carbocycles. The maximum absolute atomic E-state index is 4.36. The maximum atomic E-state index is 4.36. The Balaban J connectivity index is 1.74. The van der Waals surface area contributed by atoms with E-state index >= 15 is 0 Å². The maximum Gasteiger partial charge on any atom is 0.0597 e. The molecule has 1 aromatic rings. The molecule has 1 aromatic heterocycles. The van der Waals surface area contributed by atoms with Crippen LogP contribution in [-0.2, 0) is 13.6 Å². The Bertz CT molecular complexity index is 358. The summed E-state index contributed by atoms with van der Waals surface area (Å²) in [5.74, 6) is 0.808. The Kier molecular flexibility index (Phi) is 4.18. The van der Waals surface area contributed by atoms with Crippen LogP contribution in [0.15, 0.2) is 6.07 Å². The molecule has 0 amide bonds. The molecule has 1 atom stereocenters. The molecule has 1 saturated heterocycles. The van der Waals surface area contributed by atoms with Gasteiger partial charge in [-0.05, 0) is 51.9 Å². The number of likely N-dealkylation sites (tertiary alicyclic amines) is 1. The van der Waals surface area contributed by atoms with Crippen LogP contribution in [0.5, 0.6) is 0 Å². The summed E-state index contributed by atoms with van der Waals surface area (Å²) < 4.78 is 1.97. The predicted molar refractivity (Wildman–Crippen MR) is 69.9 cm³/mol. The average molecular weight is 236 g/mol. The van der Waals surface area contributed by atoms with E-state index in [1.807, 2.05) is 18.7 Å². The van der Waals surface area contributed by atoms with Gasteiger partial charge >= 0.3 is 0 Å². The first-order valence-corrected chi connectivity index (χ1v) is 6.54. The van der Waals surface area contributed by atoms with Gasteiger partial charge in [0, 0.05) is 20.1 Å². The Morgan fingerprint density at radius 3 is 2.94 bits per heavy atom. The van der Waals surface area contributed by atoms with Crippen LogP contribution in [0, 0.1) is 12.8 Å². The summed E-state index contributed by atoms with van der Waals surface area (Å²) in [5.41, 5.74) is 2.37. The van der Waals surface area contributed by atoms with Crippen molar-refractivity contribution in [2.24, 2.45) is 13.0 Å². The summed E-state index contributed by atoms with van der Waals surface area (Å²) in [6.45, 7) is 6.58. The second-order valence-corrected chi connectivity index (χ2v) is 5.30. The highest BCUT2D eigenvalue weighted by atomic mass is 15.3. The molecule has 1 unspecified atom stereocenters. The van der Waals surface area contributed by atoms with Gasteiger partial charge in [0.1, 0.15) is 0 Å². The lowest BCUT2D eigenvalue weighted by molar-refractivity contribution is 0.206. The van der Waals surface area contributed by atoms with Gasteiger partial charge in [0.15, 0.2) is 0 Å². The second-order valence-electron chi connectivity index (χ2n) is 5.30. The van der Waals surface area contributed by atoms with Gasteiger partial charge < -0.3 is 10.2 Å². The van der Waals surface area contributed by atoms with Crippen LogP contribution in [0.2, 0.25) is 0 Å². The van der Waals surface area contributed by atoms with E-state index in [0.717, 1.165) is 24.7 Å². The van der Waals surface area contributed by atoms with Crippen molar-refractivity contribution in [1.29, 1.82) is 0 Å². The van der Waals surface area contributed by atoms with Crippen LogP contribution in [0.3, 0.4) is 0 Å². The molecule has 4 heteroatoms. The van der Waals surface area contributed by atoms with Crippen LogP contribution in [-0.4, -0.2) is 41.4 Å². The molecule has 1 aliphatic rings. The number of aryl methyl sites for hydroxylation is 2. The molecule has 0 aliphatic carbocycles. The van der Waals surface area contributed by atoms with Gasteiger partial charge in [-0.15, -0.1) is 0 Å². The van der Waals surface area contributed by atoms with E-state index in [1.54, 1.807) is 0 Å². The van der Waals surface area contributed by atoms with E-state index in [9.17, 15) is 0 Å². The highest BCUT2D eigenvalue weighted by molar-refractivity contribution is 5.08. The lowest BCUT2D eigenvalue weighted by Gasteiger charge is -2.29. The zero-order chi connectivity index (χ0) is 12.3. The summed E-state index contributed by atoms with van der Waals surface area (Å²) in [5, 5.41) is 7.92. The Labute approximate surface area is 104 Å². The number of hydrogen-bond acceptors (Lipinski definition) is 3. The fourth-order valence-corrected chi connectivity index (χ4v) is 2.67. The SMILES string of the molecule is Cc1cc(CNCC2CCCN(C)C2)n(C)n1. The van der Waals surface area contributed by atoms with Gasteiger partial charge in [0.2, 0.25) is 0 Å². The first-order chi connectivity index (χ1) is 8.15. The minimum absolute atomic E-state index is 0.808. The third-order valence-corrected chi connectivity index (χ3v) is 3.56. The first-order valence-electron chi connectivity index (χ1n) is 6.54. The van der Waals surface area contributed by atoms with Crippen molar-refractivity contribution in [3.05, 3.63) is 17.5 Å². The molecule has 1 fully saturated rings. The molecular formula is C13H24N4. The molecule has 0 spiro atoms. The normalized spacial score (nSPS) is 21.9.